The molecule has 0 aliphatic rings. The highest BCUT2D eigenvalue weighted by Crippen LogP contribution is 2.38. The van der Waals surface area contributed by atoms with Gasteiger partial charge in [0.05, 0.1) is 10.6 Å². The van der Waals surface area contributed by atoms with E-state index in [-0.39, 0.29) is 16.8 Å². The maximum Gasteiger partial charge on any atom is 0.417 e. The summed E-state index contributed by atoms with van der Waals surface area (Å²) in [5.74, 6) is -0.315. The van der Waals surface area contributed by atoms with Gasteiger partial charge in [0.2, 0.25) is 11.8 Å². The van der Waals surface area contributed by atoms with Gasteiger partial charge in [-0.15, -0.1) is 10.2 Å². The van der Waals surface area contributed by atoms with E-state index in [9.17, 15) is 18.0 Å². The monoisotopic (exact) mass is 490 g/mol. The smallest absolute Gasteiger partial charge is 0.411 e. The molecule has 0 saturated heterocycles. The van der Waals surface area contributed by atoms with Crippen molar-refractivity contribution in [3.63, 3.8) is 0 Å². The molecule has 4 rings (SSSR count). The second-order valence-corrected chi connectivity index (χ2v) is 8.16. The molecule has 33 heavy (non-hydrogen) atoms. The second-order valence-electron chi connectivity index (χ2n) is 6.70. The fourth-order valence-corrected chi connectivity index (χ4v) is 4.00. The highest BCUT2D eigenvalue weighted by Gasteiger charge is 2.34. The lowest BCUT2D eigenvalue weighted by Crippen LogP contribution is -2.19. The molecule has 0 radical (unpaired) electrons. The molecule has 2 aromatic carbocycles. The van der Waals surface area contributed by atoms with Gasteiger partial charge in [0.1, 0.15) is 5.25 Å². The van der Waals surface area contributed by atoms with Gasteiger partial charge in [-0.2, -0.15) is 13.2 Å². The number of nitrogens with zero attached hydrogens (tertiary/aromatic N) is 3. The average molecular weight is 491 g/mol. The normalized spacial score (nSPS) is 12.4. The third kappa shape index (κ3) is 5.52. The van der Waals surface area contributed by atoms with Gasteiger partial charge >= 0.3 is 6.18 Å². The van der Waals surface area contributed by atoms with Crippen molar-refractivity contribution in [1.82, 2.24) is 15.2 Å². The van der Waals surface area contributed by atoms with Gasteiger partial charge in [-0.1, -0.05) is 41.9 Å². The first kappa shape index (κ1) is 22.8. The molecule has 1 unspecified atom stereocenters. The number of hydrogen-bond acceptors (Lipinski definition) is 6. The van der Waals surface area contributed by atoms with Crippen LogP contribution in [0.1, 0.15) is 16.4 Å². The van der Waals surface area contributed by atoms with E-state index in [4.69, 9.17) is 16.0 Å². The average Bonchev–Trinajstić information content (AvgIpc) is 3.28. The van der Waals surface area contributed by atoms with E-state index in [1.54, 1.807) is 54.9 Å². The molecule has 2 heterocycles. The van der Waals surface area contributed by atoms with Crippen molar-refractivity contribution in [3.8, 4) is 11.5 Å². The van der Waals surface area contributed by atoms with E-state index in [0.29, 0.717) is 11.1 Å². The molecule has 168 valence electrons. The van der Waals surface area contributed by atoms with Crippen LogP contribution in [0.2, 0.25) is 5.02 Å². The molecule has 4 aromatic rings. The quantitative estimate of drug-likeness (QED) is 0.320. The zero-order valence-electron chi connectivity index (χ0n) is 16.6. The van der Waals surface area contributed by atoms with Gasteiger partial charge in [0, 0.05) is 23.6 Å². The Labute approximate surface area is 195 Å². The summed E-state index contributed by atoms with van der Waals surface area (Å²) < 4.78 is 45.2. The Morgan fingerprint density at radius 1 is 1.03 bits per heavy atom. The lowest BCUT2D eigenvalue weighted by Gasteiger charge is -2.16. The predicted octanol–water partition coefficient (Wildman–Crippen LogP) is 6.28. The van der Waals surface area contributed by atoms with Crippen LogP contribution in [0.15, 0.2) is 82.7 Å². The van der Waals surface area contributed by atoms with Gasteiger partial charge in [-0.05, 0) is 47.7 Å². The molecule has 1 N–H and O–H groups in total. The van der Waals surface area contributed by atoms with E-state index in [0.717, 1.165) is 23.9 Å². The summed E-state index contributed by atoms with van der Waals surface area (Å²) in [6.07, 6.45) is -1.50. The van der Waals surface area contributed by atoms with Gasteiger partial charge in [0.25, 0.3) is 5.22 Å². The Balaban J connectivity index is 1.60. The van der Waals surface area contributed by atoms with Crippen molar-refractivity contribution in [1.29, 1.82) is 0 Å². The first-order chi connectivity index (χ1) is 15.8. The van der Waals surface area contributed by atoms with Crippen LogP contribution in [0.5, 0.6) is 0 Å². The highest BCUT2D eigenvalue weighted by molar-refractivity contribution is 8.00. The molecule has 0 spiro atoms. The molecule has 11 heteroatoms. The van der Waals surface area contributed by atoms with E-state index in [2.05, 4.69) is 20.5 Å². The minimum Gasteiger partial charge on any atom is -0.411 e. The van der Waals surface area contributed by atoms with Crippen molar-refractivity contribution in [2.45, 2.75) is 16.6 Å². The predicted molar refractivity (Wildman–Crippen MR) is 118 cm³/mol. The SMILES string of the molecule is O=C(Nc1ccc(Cl)c(C(F)(F)F)c1)C(Sc1nnc(-c2ccncc2)o1)c1ccccc1. The zero-order chi connectivity index (χ0) is 23.4. The van der Waals surface area contributed by atoms with Crippen LogP contribution in [-0.2, 0) is 11.0 Å². The summed E-state index contributed by atoms with van der Waals surface area (Å²) in [4.78, 5) is 17.0. The molecular formula is C22H14ClF3N4O2S. The minimum absolute atomic E-state index is 0.0405. The van der Waals surface area contributed by atoms with Crippen LogP contribution in [0.25, 0.3) is 11.5 Å². The Hall–Kier alpha value is -3.37. The van der Waals surface area contributed by atoms with Crippen molar-refractivity contribution in [2.75, 3.05) is 5.32 Å². The third-order valence-electron chi connectivity index (χ3n) is 4.43. The van der Waals surface area contributed by atoms with Crippen LogP contribution in [0.3, 0.4) is 0 Å². The molecule has 0 fully saturated rings. The number of anilines is 1. The Kier molecular flexibility index (Phi) is 6.66. The van der Waals surface area contributed by atoms with Crippen LogP contribution in [-0.4, -0.2) is 21.1 Å². The molecule has 0 aliphatic heterocycles. The van der Waals surface area contributed by atoms with Gasteiger partial charge in [-0.3, -0.25) is 9.78 Å². The van der Waals surface area contributed by atoms with Crippen molar-refractivity contribution < 1.29 is 22.4 Å². The summed E-state index contributed by atoms with van der Waals surface area (Å²) in [6.45, 7) is 0. The number of amides is 1. The first-order valence-electron chi connectivity index (χ1n) is 9.44. The number of aromatic nitrogens is 3. The summed E-state index contributed by atoms with van der Waals surface area (Å²) in [6, 6.07) is 15.3. The fourth-order valence-electron chi connectivity index (χ4n) is 2.90. The van der Waals surface area contributed by atoms with Gasteiger partial charge in [0.15, 0.2) is 0 Å². The number of halogens is 4. The standard InChI is InChI=1S/C22H14ClF3N4O2S/c23-17-7-6-15(12-16(17)22(24,25)26)28-19(31)18(13-4-2-1-3-5-13)33-21-30-29-20(32-21)14-8-10-27-11-9-14/h1-12,18H,(H,28,31). The number of hydrogen-bond donors (Lipinski definition) is 1. The van der Waals surface area contributed by atoms with Crippen molar-refractivity contribution in [3.05, 3.63) is 89.2 Å². The van der Waals surface area contributed by atoms with E-state index in [1.165, 1.54) is 6.07 Å². The highest BCUT2D eigenvalue weighted by atomic mass is 35.5. The molecule has 1 atom stereocenters. The fraction of sp³-hybridized carbons (Fsp3) is 0.0909. The van der Waals surface area contributed by atoms with E-state index < -0.39 is 27.9 Å². The number of carbonyl (C=O) groups is 1. The largest absolute Gasteiger partial charge is 0.417 e. The Morgan fingerprint density at radius 2 is 1.76 bits per heavy atom. The number of rotatable bonds is 6. The molecule has 1 amide bonds. The maximum atomic E-state index is 13.2. The van der Waals surface area contributed by atoms with Crippen LogP contribution >= 0.6 is 23.4 Å². The minimum atomic E-state index is -4.65. The number of alkyl halides is 3. The lowest BCUT2D eigenvalue weighted by atomic mass is 10.1. The summed E-state index contributed by atoms with van der Waals surface area (Å²) >= 11 is 6.65. The molecule has 0 saturated carbocycles. The molecule has 0 bridgehead atoms. The number of benzene rings is 2. The van der Waals surface area contributed by atoms with Gasteiger partial charge in [-0.25, -0.2) is 0 Å². The first-order valence-corrected chi connectivity index (χ1v) is 10.7. The number of pyridine rings is 1. The zero-order valence-corrected chi connectivity index (χ0v) is 18.2. The van der Waals surface area contributed by atoms with Crippen LogP contribution in [0, 0.1) is 0 Å². The van der Waals surface area contributed by atoms with Crippen LogP contribution in [0.4, 0.5) is 18.9 Å². The molecule has 2 aromatic heterocycles. The van der Waals surface area contributed by atoms with Crippen LogP contribution < -0.4 is 5.32 Å². The number of nitrogens with one attached hydrogen (secondary N) is 1. The third-order valence-corrected chi connectivity index (χ3v) is 5.85. The number of carbonyl (C=O) groups excluding carboxylic acids is 1. The second kappa shape index (κ2) is 9.63. The van der Waals surface area contributed by atoms with E-state index >= 15 is 0 Å². The van der Waals surface area contributed by atoms with Gasteiger partial charge < -0.3 is 9.73 Å². The van der Waals surface area contributed by atoms with Crippen molar-refractivity contribution in [2.24, 2.45) is 0 Å². The maximum absolute atomic E-state index is 13.2. The molecular weight excluding hydrogens is 477 g/mol. The lowest BCUT2D eigenvalue weighted by molar-refractivity contribution is -0.137. The molecule has 0 aliphatic carbocycles. The Bertz CT molecular complexity index is 1250. The Morgan fingerprint density at radius 3 is 2.45 bits per heavy atom. The molecule has 6 nitrogen and oxygen atoms in total. The summed E-state index contributed by atoms with van der Waals surface area (Å²) in [5.41, 5.74) is 0.186. The summed E-state index contributed by atoms with van der Waals surface area (Å²) in [7, 11) is 0. The summed E-state index contributed by atoms with van der Waals surface area (Å²) in [5, 5.41) is 9.29. The van der Waals surface area contributed by atoms with Crippen molar-refractivity contribution >= 4 is 35.0 Å². The number of thioether (sulfide) groups is 1. The topological polar surface area (TPSA) is 80.9 Å². The van der Waals surface area contributed by atoms with E-state index in [1.807, 2.05) is 0 Å².